The summed E-state index contributed by atoms with van der Waals surface area (Å²) in [5.74, 6) is 0.563. The summed E-state index contributed by atoms with van der Waals surface area (Å²) in [4.78, 5) is 14.3. The Bertz CT molecular complexity index is 1080. The van der Waals surface area contributed by atoms with Gasteiger partial charge in [-0.3, -0.25) is 4.79 Å². The fourth-order valence-corrected chi connectivity index (χ4v) is 3.87. The third-order valence-corrected chi connectivity index (χ3v) is 5.21. The minimum atomic E-state index is -0.140. The van der Waals surface area contributed by atoms with Crippen molar-refractivity contribution in [3.05, 3.63) is 71.2 Å². The topological polar surface area (TPSA) is 56.1 Å². The molecule has 2 aromatic heterocycles. The number of carbonyl (C=O) groups excluding carboxylic acids is 1. The number of fused-ring (bicyclic) bond motifs is 1. The van der Waals surface area contributed by atoms with Crippen LogP contribution in [0.4, 0.5) is 5.69 Å². The molecule has 0 atom stereocenters. The Kier molecular flexibility index (Phi) is 4.18. The van der Waals surface area contributed by atoms with Gasteiger partial charge in [0.25, 0.3) is 5.91 Å². The molecule has 0 saturated carbocycles. The average molecular weight is 363 g/mol. The number of hydrogen-bond acceptors (Lipinski definition) is 4. The molecular formula is C20H17N3O2S. The van der Waals surface area contributed by atoms with Crippen LogP contribution in [0.5, 0.6) is 5.75 Å². The number of thiophene rings is 1. The monoisotopic (exact) mass is 363 g/mol. The van der Waals surface area contributed by atoms with Crippen molar-refractivity contribution in [2.24, 2.45) is 0 Å². The molecule has 1 N–H and O–H groups in total. The van der Waals surface area contributed by atoms with Crippen LogP contribution in [0.1, 0.15) is 15.4 Å². The van der Waals surface area contributed by atoms with E-state index in [-0.39, 0.29) is 5.91 Å². The van der Waals surface area contributed by atoms with Crippen LogP contribution in [0.2, 0.25) is 0 Å². The van der Waals surface area contributed by atoms with Gasteiger partial charge in [-0.05, 0) is 37.3 Å². The highest BCUT2D eigenvalue weighted by molar-refractivity contribution is 7.20. The molecule has 5 nitrogen and oxygen atoms in total. The number of rotatable bonds is 4. The van der Waals surface area contributed by atoms with E-state index in [9.17, 15) is 4.79 Å². The lowest BCUT2D eigenvalue weighted by Gasteiger charge is -2.05. The normalized spacial score (nSPS) is 10.8. The fraction of sp³-hybridized carbons (Fsp3) is 0.100. The van der Waals surface area contributed by atoms with E-state index in [0.717, 1.165) is 21.6 Å². The van der Waals surface area contributed by atoms with Gasteiger partial charge < -0.3 is 10.1 Å². The van der Waals surface area contributed by atoms with E-state index in [0.29, 0.717) is 16.3 Å². The van der Waals surface area contributed by atoms with Crippen LogP contribution in [0.15, 0.2) is 60.7 Å². The molecule has 6 heteroatoms. The molecule has 4 aromatic rings. The molecule has 0 aliphatic carbocycles. The molecule has 0 radical (unpaired) electrons. The number of benzene rings is 2. The summed E-state index contributed by atoms with van der Waals surface area (Å²) >= 11 is 1.43. The molecule has 26 heavy (non-hydrogen) atoms. The Morgan fingerprint density at radius 1 is 1.12 bits per heavy atom. The van der Waals surface area contributed by atoms with Crippen LogP contribution >= 0.6 is 11.3 Å². The largest absolute Gasteiger partial charge is 0.497 e. The molecule has 2 aromatic carbocycles. The van der Waals surface area contributed by atoms with E-state index < -0.39 is 0 Å². The number of nitrogens with one attached hydrogen (secondary N) is 1. The first kappa shape index (κ1) is 16.4. The highest BCUT2D eigenvalue weighted by Crippen LogP contribution is 2.31. The van der Waals surface area contributed by atoms with Crippen LogP contribution in [-0.4, -0.2) is 22.8 Å². The Morgan fingerprint density at radius 3 is 2.69 bits per heavy atom. The molecule has 0 fully saturated rings. The molecule has 130 valence electrons. The predicted molar refractivity (Wildman–Crippen MR) is 105 cm³/mol. The Morgan fingerprint density at radius 2 is 1.92 bits per heavy atom. The summed E-state index contributed by atoms with van der Waals surface area (Å²) in [7, 11) is 1.60. The second-order valence-electron chi connectivity index (χ2n) is 5.85. The van der Waals surface area contributed by atoms with Crippen molar-refractivity contribution >= 4 is 33.1 Å². The zero-order valence-electron chi connectivity index (χ0n) is 14.4. The van der Waals surface area contributed by atoms with Crippen molar-refractivity contribution in [3.63, 3.8) is 0 Å². The molecule has 1 amide bonds. The number of carbonyl (C=O) groups is 1. The van der Waals surface area contributed by atoms with E-state index in [2.05, 4.69) is 10.4 Å². The van der Waals surface area contributed by atoms with E-state index >= 15 is 0 Å². The first-order valence-electron chi connectivity index (χ1n) is 8.15. The molecule has 0 aliphatic heterocycles. The summed E-state index contributed by atoms with van der Waals surface area (Å²) in [6.45, 7) is 1.96. The van der Waals surface area contributed by atoms with Gasteiger partial charge in [0.1, 0.15) is 10.6 Å². The van der Waals surface area contributed by atoms with Crippen molar-refractivity contribution < 1.29 is 9.53 Å². The van der Waals surface area contributed by atoms with Crippen LogP contribution < -0.4 is 10.1 Å². The van der Waals surface area contributed by atoms with Crippen molar-refractivity contribution in [2.75, 3.05) is 12.4 Å². The molecular weight excluding hydrogens is 346 g/mol. The van der Waals surface area contributed by atoms with E-state index in [1.54, 1.807) is 13.2 Å². The van der Waals surface area contributed by atoms with Crippen molar-refractivity contribution in [2.45, 2.75) is 6.92 Å². The van der Waals surface area contributed by atoms with Gasteiger partial charge in [-0.1, -0.05) is 24.3 Å². The first-order valence-corrected chi connectivity index (χ1v) is 8.97. The molecule has 2 heterocycles. The predicted octanol–water partition coefficient (Wildman–Crippen LogP) is 4.66. The third kappa shape index (κ3) is 2.95. The highest BCUT2D eigenvalue weighted by atomic mass is 32.1. The number of methoxy groups -OCH3 is 1. The maximum atomic E-state index is 12.7. The third-order valence-electron chi connectivity index (χ3n) is 4.10. The van der Waals surface area contributed by atoms with Gasteiger partial charge in [0.05, 0.1) is 23.4 Å². The molecule has 0 aliphatic rings. The standard InChI is InChI=1S/C20H17N3O2S/c1-13-17-12-18(19(24)21-14-7-6-10-16(11-14)25-2)26-20(17)23(22-13)15-8-4-3-5-9-15/h3-12H,1-2H3,(H,21,24). The van der Waals surface area contributed by atoms with Gasteiger partial charge in [-0.25, -0.2) is 4.68 Å². The quantitative estimate of drug-likeness (QED) is 0.574. The van der Waals surface area contributed by atoms with Crippen LogP contribution in [-0.2, 0) is 0 Å². The highest BCUT2D eigenvalue weighted by Gasteiger charge is 2.17. The number of aryl methyl sites for hydroxylation is 1. The van der Waals surface area contributed by atoms with Crippen LogP contribution in [0, 0.1) is 6.92 Å². The second-order valence-corrected chi connectivity index (χ2v) is 6.88. The second kappa shape index (κ2) is 6.65. The lowest BCUT2D eigenvalue weighted by atomic mass is 10.2. The number of ether oxygens (including phenoxy) is 1. The number of nitrogens with zero attached hydrogens (tertiary/aromatic N) is 2. The maximum Gasteiger partial charge on any atom is 0.265 e. The van der Waals surface area contributed by atoms with Crippen LogP contribution in [0.25, 0.3) is 15.9 Å². The van der Waals surface area contributed by atoms with Crippen molar-refractivity contribution in [1.29, 1.82) is 0 Å². The van der Waals surface area contributed by atoms with Crippen LogP contribution in [0.3, 0.4) is 0 Å². The van der Waals surface area contributed by atoms with E-state index in [1.165, 1.54) is 11.3 Å². The van der Waals surface area contributed by atoms with Gasteiger partial charge in [0.2, 0.25) is 0 Å². The molecule has 0 saturated heterocycles. The smallest absolute Gasteiger partial charge is 0.265 e. The Hall–Kier alpha value is -3.12. The zero-order valence-corrected chi connectivity index (χ0v) is 15.2. The summed E-state index contributed by atoms with van der Waals surface area (Å²) in [6.07, 6.45) is 0. The van der Waals surface area contributed by atoms with Gasteiger partial charge in [0, 0.05) is 17.1 Å². The van der Waals surface area contributed by atoms with Gasteiger partial charge >= 0.3 is 0 Å². The minimum Gasteiger partial charge on any atom is -0.497 e. The van der Waals surface area contributed by atoms with E-state index in [4.69, 9.17) is 4.74 Å². The van der Waals surface area contributed by atoms with Crippen molar-refractivity contribution in [1.82, 2.24) is 9.78 Å². The van der Waals surface area contributed by atoms with Crippen molar-refractivity contribution in [3.8, 4) is 11.4 Å². The van der Waals surface area contributed by atoms with Gasteiger partial charge in [0.15, 0.2) is 0 Å². The zero-order chi connectivity index (χ0) is 18.1. The molecule has 0 spiro atoms. The minimum absolute atomic E-state index is 0.140. The summed E-state index contributed by atoms with van der Waals surface area (Å²) in [5.41, 5.74) is 2.58. The number of para-hydroxylation sites is 1. The SMILES string of the molecule is COc1cccc(NC(=O)c2cc3c(C)nn(-c4ccccc4)c3s2)c1. The molecule has 4 rings (SSSR count). The number of amides is 1. The summed E-state index contributed by atoms with van der Waals surface area (Å²) < 4.78 is 7.08. The lowest BCUT2D eigenvalue weighted by Crippen LogP contribution is -2.10. The van der Waals surface area contributed by atoms with Gasteiger partial charge in [-0.15, -0.1) is 11.3 Å². The first-order chi connectivity index (χ1) is 12.7. The number of anilines is 1. The Balaban J connectivity index is 1.68. The van der Waals surface area contributed by atoms with Gasteiger partial charge in [-0.2, -0.15) is 5.10 Å². The molecule has 0 unspecified atom stereocenters. The maximum absolute atomic E-state index is 12.7. The summed E-state index contributed by atoms with van der Waals surface area (Å²) in [6, 6.07) is 19.1. The number of aromatic nitrogens is 2. The van der Waals surface area contributed by atoms with E-state index in [1.807, 2.05) is 66.2 Å². The average Bonchev–Trinajstić information content (AvgIpc) is 3.23. The fourth-order valence-electron chi connectivity index (χ4n) is 2.80. The Labute approximate surface area is 154 Å². The number of hydrogen-bond donors (Lipinski definition) is 1. The molecule has 0 bridgehead atoms. The summed E-state index contributed by atoms with van der Waals surface area (Å²) in [5, 5.41) is 8.53. The lowest BCUT2D eigenvalue weighted by molar-refractivity contribution is 0.103.